The van der Waals surface area contributed by atoms with Gasteiger partial charge in [-0.3, -0.25) is 0 Å². The summed E-state index contributed by atoms with van der Waals surface area (Å²) < 4.78 is 23.3. The standard InChI is InChI=1S/C16H21FN4OS/c1-22-10-8-15-19-16(23-20-15)18-12-5-4-9-21(11-12)14-7-3-2-6-13(14)17/h2-3,6-7,12H,4-5,8-11H2,1H3,(H,18,19,20). The Kier molecular flexibility index (Phi) is 5.40. The second kappa shape index (κ2) is 7.70. The van der Waals surface area contributed by atoms with Gasteiger partial charge in [0.15, 0.2) is 0 Å². The first kappa shape index (κ1) is 16.1. The van der Waals surface area contributed by atoms with Gasteiger partial charge < -0.3 is 15.0 Å². The lowest BCUT2D eigenvalue weighted by Gasteiger charge is -2.34. The van der Waals surface area contributed by atoms with Crippen molar-refractivity contribution < 1.29 is 9.13 Å². The highest BCUT2D eigenvalue weighted by atomic mass is 32.1. The average Bonchev–Trinajstić information content (AvgIpc) is 3.01. The highest BCUT2D eigenvalue weighted by Gasteiger charge is 2.22. The smallest absolute Gasteiger partial charge is 0.202 e. The zero-order valence-electron chi connectivity index (χ0n) is 13.2. The lowest BCUT2D eigenvalue weighted by atomic mass is 10.1. The highest BCUT2D eigenvalue weighted by molar-refractivity contribution is 7.09. The molecule has 0 radical (unpaired) electrons. The molecule has 23 heavy (non-hydrogen) atoms. The monoisotopic (exact) mass is 336 g/mol. The molecule has 0 bridgehead atoms. The summed E-state index contributed by atoms with van der Waals surface area (Å²) >= 11 is 1.37. The number of nitrogens with zero attached hydrogens (tertiary/aromatic N) is 3. The van der Waals surface area contributed by atoms with E-state index in [-0.39, 0.29) is 11.9 Å². The molecule has 124 valence electrons. The molecule has 1 unspecified atom stereocenters. The van der Waals surface area contributed by atoms with E-state index in [1.54, 1.807) is 13.2 Å². The van der Waals surface area contributed by atoms with Crippen LogP contribution in [0.3, 0.4) is 0 Å². The van der Waals surface area contributed by atoms with Gasteiger partial charge in [-0.05, 0) is 25.0 Å². The fourth-order valence-corrected chi connectivity index (χ4v) is 3.49. The number of halogens is 1. The number of nitrogens with one attached hydrogen (secondary N) is 1. The summed E-state index contributed by atoms with van der Waals surface area (Å²) in [6, 6.07) is 7.21. The van der Waals surface area contributed by atoms with E-state index in [1.165, 1.54) is 17.6 Å². The van der Waals surface area contributed by atoms with Crippen LogP contribution < -0.4 is 10.2 Å². The fraction of sp³-hybridized carbons (Fsp3) is 0.500. The van der Waals surface area contributed by atoms with Gasteiger partial charge >= 0.3 is 0 Å². The van der Waals surface area contributed by atoms with Gasteiger partial charge in [0.1, 0.15) is 11.6 Å². The molecule has 0 aliphatic carbocycles. The Balaban J connectivity index is 1.60. The number of rotatable bonds is 6. The number of aromatic nitrogens is 2. The number of ether oxygens (including phenoxy) is 1. The maximum absolute atomic E-state index is 14.0. The molecular formula is C16H21FN4OS. The zero-order valence-corrected chi connectivity index (χ0v) is 14.0. The predicted octanol–water partition coefficient (Wildman–Crippen LogP) is 2.95. The molecular weight excluding hydrogens is 315 g/mol. The molecule has 0 amide bonds. The van der Waals surface area contributed by atoms with E-state index >= 15 is 0 Å². The first-order chi connectivity index (χ1) is 11.3. The minimum Gasteiger partial charge on any atom is -0.384 e. The third kappa shape index (κ3) is 4.17. The Morgan fingerprint density at radius 2 is 2.30 bits per heavy atom. The summed E-state index contributed by atoms with van der Waals surface area (Å²) in [4.78, 5) is 6.58. The highest BCUT2D eigenvalue weighted by Crippen LogP contribution is 2.24. The van der Waals surface area contributed by atoms with E-state index < -0.39 is 0 Å². The van der Waals surface area contributed by atoms with Crippen molar-refractivity contribution in [2.45, 2.75) is 25.3 Å². The molecule has 1 aliphatic rings. The molecule has 0 spiro atoms. The molecule has 1 aromatic carbocycles. The van der Waals surface area contributed by atoms with Crippen molar-refractivity contribution in [2.24, 2.45) is 0 Å². The second-order valence-corrected chi connectivity index (χ2v) is 6.39. The van der Waals surface area contributed by atoms with Crippen LogP contribution in [0, 0.1) is 5.82 Å². The number of anilines is 2. The Morgan fingerprint density at radius 3 is 3.13 bits per heavy atom. The Morgan fingerprint density at radius 1 is 1.43 bits per heavy atom. The SMILES string of the molecule is COCCc1nsc(NC2CCCN(c3ccccc3F)C2)n1. The molecule has 2 heterocycles. The molecule has 5 nitrogen and oxygen atoms in total. The molecule has 0 saturated carbocycles. The van der Waals surface area contributed by atoms with Gasteiger partial charge in [-0.1, -0.05) is 12.1 Å². The number of hydrogen-bond acceptors (Lipinski definition) is 6. The van der Waals surface area contributed by atoms with Crippen LogP contribution in [-0.4, -0.2) is 42.2 Å². The maximum Gasteiger partial charge on any atom is 0.202 e. The van der Waals surface area contributed by atoms with E-state index in [4.69, 9.17) is 4.74 Å². The van der Waals surface area contributed by atoms with Crippen LogP contribution in [0.1, 0.15) is 18.7 Å². The summed E-state index contributed by atoms with van der Waals surface area (Å²) in [6.45, 7) is 2.28. The van der Waals surface area contributed by atoms with E-state index in [9.17, 15) is 4.39 Å². The lowest BCUT2D eigenvalue weighted by Crippen LogP contribution is -2.42. The van der Waals surface area contributed by atoms with E-state index in [1.807, 2.05) is 12.1 Å². The molecule has 1 aromatic heterocycles. The summed E-state index contributed by atoms with van der Waals surface area (Å²) in [5, 5.41) is 4.27. The van der Waals surface area contributed by atoms with E-state index in [0.29, 0.717) is 12.3 Å². The van der Waals surface area contributed by atoms with Crippen molar-refractivity contribution in [3.8, 4) is 0 Å². The van der Waals surface area contributed by atoms with Crippen molar-refractivity contribution in [3.05, 3.63) is 35.9 Å². The lowest BCUT2D eigenvalue weighted by molar-refractivity contribution is 0.201. The number of methoxy groups -OCH3 is 1. The quantitative estimate of drug-likeness (QED) is 0.879. The molecule has 3 rings (SSSR count). The van der Waals surface area contributed by atoms with Gasteiger partial charge in [0.2, 0.25) is 5.13 Å². The minimum absolute atomic E-state index is 0.161. The van der Waals surface area contributed by atoms with Crippen LogP contribution >= 0.6 is 11.5 Å². The Hall–Kier alpha value is -1.73. The van der Waals surface area contributed by atoms with Crippen LogP contribution in [0.25, 0.3) is 0 Å². The van der Waals surface area contributed by atoms with Crippen LogP contribution in [0.2, 0.25) is 0 Å². The van der Waals surface area contributed by atoms with Gasteiger partial charge in [-0.25, -0.2) is 9.37 Å². The third-order valence-corrected chi connectivity index (χ3v) is 4.62. The molecule has 1 atom stereocenters. The van der Waals surface area contributed by atoms with Gasteiger partial charge in [-0.2, -0.15) is 4.37 Å². The number of para-hydroxylation sites is 1. The number of hydrogen-bond donors (Lipinski definition) is 1. The van der Waals surface area contributed by atoms with Crippen molar-refractivity contribution in [1.82, 2.24) is 9.36 Å². The summed E-state index contributed by atoms with van der Waals surface area (Å²) in [6.07, 6.45) is 2.81. The van der Waals surface area contributed by atoms with Crippen LogP contribution in [0.15, 0.2) is 24.3 Å². The van der Waals surface area contributed by atoms with Gasteiger partial charge in [0.05, 0.1) is 12.3 Å². The van der Waals surface area contributed by atoms with Crippen LogP contribution in [0.5, 0.6) is 0 Å². The molecule has 7 heteroatoms. The Labute approximate surface area is 139 Å². The largest absolute Gasteiger partial charge is 0.384 e. The summed E-state index contributed by atoms with van der Waals surface area (Å²) in [7, 11) is 1.67. The first-order valence-electron chi connectivity index (χ1n) is 7.84. The van der Waals surface area contributed by atoms with Gasteiger partial charge in [0.25, 0.3) is 0 Å². The molecule has 2 aromatic rings. The molecule has 1 aliphatic heterocycles. The number of benzene rings is 1. The topological polar surface area (TPSA) is 50.3 Å². The fourth-order valence-electron chi connectivity index (χ4n) is 2.80. The molecule has 1 N–H and O–H groups in total. The summed E-state index contributed by atoms with van der Waals surface area (Å²) in [5.74, 6) is 0.645. The van der Waals surface area contributed by atoms with Crippen molar-refractivity contribution in [3.63, 3.8) is 0 Å². The predicted molar refractivity (Wildman–Crippen MR) is 90.7 cm³/mol. The van der Waals surface area contributed by atoms with Gasteiger partial charge in [0, 0.05) is 44.2 Å². The zero-order chi connectivity index (χ0) is 16.1. The molecule has 1 saturated heterocycles. The number of piperidine rings is 1. The van der Waals surface area contributed by atoms with Crippen molar-refractivity contribution >= 4 is 22.4 Å². The minimum atomic E-state index is -0.161. The Bertz CT molecular complexity index is 636. The normalized spacial score (nSPS) is 18.2. The van der Waals surface area contributed by atoms with E-state index in [2.05, 4.69) is 19.6 Å². The molecule has 1 fully saturated rings. The second-order valence-electron chi connectivity index (χ2n) is 5.64. The van der Waals surface area contributed by atoms with Crippen LogP contribution in [-0.2, 0) is 11.2 Å². The third-order valence-electron chi connectivity index (χ3n) is 3.94. The van der Waals surface area contributed by atoms with Gasteiger partial charge in [-0.15, -0.1) is 0 Å². The summed E-state index contributed by atoms with van der Waals surface area (Å²) in [5.41, 5.74) is 0.678. The maximum atomic E-state index is 14.0. The van der Waals surface area contributed by atoms with Crippen LogP contribution in [0.4, 0.5) is 15.2 Å². The van der Waals surface area contributed by atoms with E-state index in [0.717, 1.165) is 43.3 Å². The van der Waals surface area contributed by atoms with Crippen molar-refractivity contribution in [2.75, 3.05) is 37.0 Å². The van der Waals surface area contributed by atoms with Crippen molar-refractivity contribution in [1.29, 1.82) is 0 Å². The first-order valence-corrected chi connectivity index (χ1v) is 8.61. The average molecular weight is 336 g/mol.